The molecule has 3 atom stereocenters. The number of carboxylic acid groups (broad SMARTS) is 1. The number of benzene rings is 3. The van der Waals surface area contributed by atoms with E-state index in [-0.39, 0.29) is 37.6 Å². The van der Waals surface area contributed by atoms with E-state index in [0.717, 1.165) is 59.4 Å². The Labute approximate surface area is 324 Å². The van der Waals surface area contributed by atoms with Crippen LogP contribution in [0.1, 0.15) is 151 Å². The number of nitrogens with zero attached hydrogens (tertiary/aromatic N) is 1. The number of carboxylic acids is 1. The largest absolute Gasteiger partial charge is 0.481 e. The molecule has 3 aromatic rings. The van der Waals surface area contributed by atoms with Gasteiger partial charge < -0.3 is 29.9 Å². The summed E-state index contributed by atoms with van der Waals surface area (Å²) in [6.45, 7) is 7.99. The summed E-state index contributed by atoms with van der Waals surface area (Å²) < 4.78 is 13.6. The number of hydrogen-bond donors (Lipinski definition) is 3. The van der Waals surface area contributed by atoms with Gasteiger partial charge in [0, 0.05) is 37.9 Å². The molecule has 0 radical (unpaired) electrons. The van der Waals surface area contributed by atoms with Gasteiger partial charge in [-0.25, -0.2) is 0 Å². The van der Waals surface area contributed by atoms with Crippen molar-refractivity contribution in [2.45, 2.75) is 148 Å². The molecule has 4 rings (SSSR count). The molecule has 1 aliphatic heterocycles. The van der Waals surface area contributed by atoms with Crippen LogP contribution < -0.4 is 5.32 Å². The Bertz CT molecular complexity index is 1500. The van der Waals surface area contributed by atoms with Crippen LogP contribution in [0, 0.1) is 0 Å². The van der Waals surface area contributed by atoms with Crippen LogP contribution in [0.4, 0.5) is 0 Å². The van der Waals surface area contributed by atoms with Crippen LogP contribution in [0.3, 0.4) is 0 Å². The second kappa shape index (κ2) is 24.8. The number of ether oxygens (including phenoxy) is 2. The number of carbonyl (C=O) groups is 2. The van der Waals surface area contributed by atoms with Crippen molar-refractivity contribution in [1.82, 2.24) is 10.2 Å². The van der Waals surface area contributed by atoms with Gasteiger partial charge in [-0.1, -0.05) is 139 Å². The van der Waals surface area contributed by atoms with E-state index in [1.165, 1.54) is 77.0 Å². The van der Waals surface area contributed by atoms with Gasteiger partial charge in [0.15, 0.2) is 6.29 Å². The van der Waals surface area contributed by atoms with Gasteiger partial charge >= 0.3 is 5.97 Å². The monoisotopic (exact) mass is 742 g/mol. The highest BCUT2D eigenvalue weighted by Crippen LogP contribution is 2.39. The van der Waals surface area contributed by atoms with E-state index in [9.17, 15) is 14.7 Å². The summed E-state index contributed by atoms with van der Waals surface area (Å²) in [6, 6.07) is 24.6. The molecule has 296 valence electrons. The first-order chi connectivity index (χ1) is 26.4. The molecule has 1 aliphatic rings. The van der Waals surface area contributed by atoms with Gasteiger partial charge in [0.2, 0.25) is 5.91 Å². The smallest absolute Gasteiger partial charge is 0.303 e. The topological polar surface area (TPSA) is 108 Å². The summed E-state index contributed by atoms with van der Waals surface area (Å²) in [7, 11) is 0. The number of unbranched alkanes of at least 4 members (excludes halogenated alkanes) is 10. The van der Waals surface area contributed by atoms with E-state index in [4.69, 9.17) is 14.6 Å². The highest BCUT2D eigenvalue weighted by Gasteiger charge is 2.33. The van der Waals surface area contributed by atoms with E-state index in [0.29, 0.717) is 13.0 Å². The fourth-order valence-corrected chi connectivity index (χ4v) is 7.26. The predicted molar refractivity (Wildman–Crippen MR) is 217 cm³/mol. The highest BCUT2D eigenvalue weighted by atomic mass is 16.7. The van der Waals surface area contributed by atoms with Gasteiger partial charge in [0.05, 0.1) is 18.8 Å². The minimum Gasteiger partial charge on any atom is -0.481 e. The molecule has 8 nitrogen and oxygen atoms in total. The highest BCUT2D eigenvalue weighted by molar-refractivity contribution is 5.76. The summed E-state index contributed by atoms with van der Waals surface area (Å²) in [5, 5.41) is 21.5. The van der Waals surface area contributed by atoms with Crippen molar-refractivity contribution in [2.24, 2.45) is 0 Å². The Kier molecular flexibility index (Phi) is 19.8. The minimum absolute atomic E-state index is 0.00227. The van der Waals surface area contributed by atoms with Crippen molar-refractivity contribution >= 4 is 11.9 Å². The van der Waals surface area contributed by atoms with Crippen LogP contribution in [-0.4, -0.2) is 52.7 Å². The molecular formula is C46H66N2O6. The Morgan fingerprint density at radius 3 is 1.98 bits per heavy atom. The molecule has 1 amide bonds. The number of aliphatic hydroxyl groups is 1. The lowest BCUT2D eigenvalue weighted by Gasteiger charge is -2.38. The molecule has 3 aromatic carbocycles. The molecule has 54 heavy (non-hydrogen) atoms. The molecule has 0 saturated carbocycles. The van der Waals surface area contributed by atoms with Crippen LogP contribution in [0.2, 0.25) is 0 Å². The first-order valence-electron chi connectivity index (χ1n) is 20.8. The average Bonchev–Trinajstić information content (AvgIpc) is 3.19. The van der Waals surface area contributed by atoms with Crippen LogP contribution >= 0.6 is 0 Å². The zero-order valence-corrected chi connectivity index (χ0v) is 33.0. The van der Waals surface area contributed by atoms with Crippen molar-refractivity contribution in [3.63, 3.8) is 0 Å². The zero-order valence-electron chi connectivity index (χ0n) is 33.0. The minimum atomic E-state index is -0.890. The third-order valence-electron chi connectivity index (χ3n) is 10.4. The summed E-state index contributed by atoms with van der Waals surface area (Å²) in [6.07, 6.45) is 16.0. The Hall–Kier alpha value is -3.56. The summed E-state index contributed by atoms with van der Waals surface area (Å²) in [5.41, 5.74) is 5.98. The fraction of sp³-hybridized carbons (Fsp3) is 0.565. The second-order valence-corrected chi connectivity index (χ2v) is 15.0. The SMILES string of the molecule is CCCCCCCCN(CCCCCCCC)C[C@@H]1C[C@H](c2ccc(CO)cc2)O[C@H](c2cccc(-c3cccc(CNC(=O)CCCC(=O)O)c3)c2)O1. The van der Waals surface area contributed by atoms with Gasteiger partial charge in [-0.05, 0) is 72.3 Å². The van der Waals surface area contributed by atoms with E-state index < -0.39 is 12.3 Å². The average molecular weight is 743 g/mol. The number of aliphatic hydroxyl groups excluding tert-OH is 1. The number of hydrogen-bond acceptors (Lipinski definition) is 6. The molecule has 3 N–H and O–H groups in total. The summed E-state index contributed by atoms with van der Waals surface area (Å²) in [5.74, 6) is -1.04. The fourth-order valence-electron chi connectivity index (χ4n) is 7.26. The van der Waals surface area contributed by atoms with Gasteiger partial charge in [-0.2, -0.15) is 0 Å². The standard InChI is InChI=1S/C46H66N2O6/c1-3-5-7-9-11-13-28-48(29-14-12-10-8-6-4-2)34-42-32-43(38-26-24-36(35-49)25-27-38)54-46(53-42)41-21-16-20-40(31-41)39-19-15-18-37(30-39)33-47-44(50)22-17-23-45(51)52/h15-16,18-21,24-27,30-31,42-43,46,49H,3-14,17,22-23,28-29,32-35H2,1-2H3,(H,47,50)(H,51,52)/t42-,43+,46+/m0/s1. The molecule has 0 bridgehead atoms. The quantitative estimate of drug-likeness (QED) is 0.0703. The Balaban J connectivity index is 1.48. The lowest BCUT2D eigenvalue weighted by Crippen LogP contribution is -2.40. The molecular weight excluding hydrogens is 677 g/mol. The first kappa shape index (κ1) is 43.2. The molecule has 0 unspecified atom stereocenters. The molecule has 1 saturated heterocycles. The zero-order chi connectivity index (χ0) is 38.4. The first-order valence-corrected chi connectivity index (χ1v) is 20.8. The van der Waals surface area contributed by atoms with Crippen LogP contribution in [-0.2, 0) is 32.2 Å². The molecule has 0 aliphatic carbocycles. The van der Waals surface area contributed by atoms with Crippen LogP contribution in [0.5, 0.6) is 0 Å². The summed E-state index contributed by atoms with van der Waals surface area (Å²) >= 11 is 0. The maximum Gasteiger partial charge on any atom is 0.303 e. The number of aliphatic carboxylic acids is 1. The Morgan fingerprint density at radius 2 is 1.33 bits per heavy atom. The van der Waals surface area contributed by atoms with Gasteiger partial charge in [0.1, 0.15) is 0 Å². The van der Waals surface area contributed by atoms with E-state index >= 15 is 0 Å². The third kappa shape index (κ3) is 15.7. The van der Waals surface area contributed by atoms with Crippen LogP contribution in [0.25, 0.3) is 11.1 Å². The number of rotatable bonds is 26. The predicted octanol–water partition coefficient (Wildman–Crippen LogP) is 10.3. The van der Waals surface area contributed by atoms with Crippen LogP contribution in [0.15, 0.2) is 72.8 Å². The van der Waals surface area contributed by atoms with Crippen molar-refractivity contribution in [3.8, 4) is 11.1 Å². The Morgan fingerprint density at radius 1 is 0.704 bits per heavy atom. The maximum absolute atomic E-state index is 12.3. The summed E-state index contributed by atoms with van der Waals surface area (Å²) in [4.78, 5) is 25.7. The molecule has 1 heterocycles. The van der Waals surface area contributed by atoms with Crippen molar-refractivity contribution in [1.29, 1.82) is 0 Å². The second-order valence-electron chi connectivity index (χ2n) is 15.0. The maximum atomic E-state index is 12.3. The third-order valence-corrected chi connectivity index (χ3v) is 10.4. The number of carbonyl (C=O) groups excluding carboxylic acids is 1. The lowest BCUT2D eigenvalue weighted by atomic mass is 9.98. The van der Waals surface area contributed by atoms with E-state index in [1.807, 2.05) is 30.3 Å². The van der Waals surface area contributed by atoms with Gasteiger partial charge in [0.25, 0.3) is 0 Å². The number of amides is 1. The molecule has 0 aromatic heterocycles. The van der Waals surface area contributed by atoms with Crippen molar-refractivity contribution in [3.05, 3.63) is 95.1 Å². The molecule has 0 spiro atoms. The van der Waals surface area contributed by atoms with E-state index in [2.05, 4.69) is 66.5 Å². The normalized spacial score (nSPS) is 17.1. The molecule has 8 heteroatoms. The lowest BCUT2D eigenvalue weighted by molar-refractivity contribution is -0.253. The molecule has 1 fully saturated rings. The van der Waals surface area contributed by atoms with Crippen molar-refractivity contribution < 1.29 is 29.3 Å². The van der Waals surface area contributed by atoms with Gasteiger partial charge in [-0.15, -0.1) is 0 Å². The van der Waals surface area contributed by atoms with Crippen molar-refractivity contribution in [2.75, 3.05) is 19.6 Å². The van der Waals surface area contributed by atoms with E-state index in [1.54, 1.807) is 0 Å². The number of nitrogens with one attached hydrogen (secondary N) is 1. The van der Waals surface area contributed by atoms with Gasteiger partial charge in [-0.3, -0.25) is 9.59 Å².